The minimum absolute atomic E-state index is 0.0811. The molecule has 1 N–H and O–H groups in total. The third-order valence-electron chi connectivity index (χ3n) is 4.55. The number of nitro benzene ring substituents is 1. The first-order valence-corrected chi connectivity index (χ1v) is 9.93. The molecule has 7 nitrogen and oxygen atoms in total. The van der Waals surface area contributed by atoms with Crippen LogP contribution in [0.3, 0.4) is 0 Å². The van der Waals surface area contributed by atoms with E-state index in [9.17, 15) is 18.5 Å². The zero-order valence-electron chi connectivity index (χ0n) is 14.2. The number of hydrogen-bond acceptors (Lipinski definition) is 5. The summed E-state index contributed by atoms with van der Waals surface area (Å²) in [7, 11) is -3.76. The van der Waals surface area contributed by atoms with Crippen LogP contribution in [0.25, 0.3) is 0 Å². The summed E-state index contributed by atoms with van der Waals surface area (Å²) < 4.78 is 28.0. The van der Waals surface area contributed by atoms with Gasteiger partial charge < -0.3 is 5.32 Å². The first-order chi connectivity index (χ1) is 12.5. The largest absolute Gasteiger partial charge is 0.317 e. The second-order valence-corrected chi connectivity index (χ2v) is 8.16. The van der Waals surface area contributed by atoms with Gasteiger partial charge in [0.05, 0.1) is 9.82 Å². The van der Waals surface area contributed by atoms with Crippen LogP contribution in [0.15, 0.2) is 59.5 Å². The van der Waals surface area contributed by atoms with Crippen LogP contribution in [-0.4, -0.2) is 36.8 Å². The van der Waals surface area contributed by atoms with Crippen LogP contribution >= 0.6 is 0 Å². The van der Waals surface area contributed by atoms with Gasteiger partial charge in [0.1, 0.15) is 0 Å². The van der Waals surface area contributed by atoms with Crippen molar-refractivity contribution in [2.24, 2.45) is 0 Å². The van der Waals surface area contributed by atoms with Crippen molar-refractivity contribution in [2.45, 2.75) is 30.3 Å². The number of nitrogens with one attached hydrogen (secondary N) is 1. The molecule has 1 aliphatic rings. The van der Waals surface area contributed by atoms with Crippen LogP contribution < -0.4 is 5.32 Å². The van der Waals surface area contributed by atoms with Crippen molar-refractivity contribution < 1.29 is 13.3 Å². The lowest BCUT2D eigenvalue weighted by Crippen LogP contribution is -2.45. The summed E-state index contributed by atoms with van der Waals surface area (Å²) in [5.74, 6) is 0. The highest BCUT2D eigenvalue weighted by Gasteiger charge is 2.32. The van der Waals surface area contributed by atoms with Crippen LogP contribution in [0.5, 0.6) is 0 Å². The second-order valence-electron chi connectivity index (χ2n) is 6.27. The highest BCUT2D eigenvalue weighted by molar-refractivity contribution is 7.89. The molecule has 1 aliphatic heterocycles. The molecule has 0 atom stereocenters. The van der Waals surface area contributed by atoms with Gasteiger partial charge in [-0.05, 0) is 43.6 Å². The van der Waals surface area contributed by atoms with Gasteiger partial charge in [0.2, 0.25) is 10.0 Å². The molecular weight excluding hydrogens is 354 g/mol. The van der Waals surface area contributed by atoms with E-state index in [-0.39, 0.29) is 23.2 Å². The zero-order valence-corrected chi connectivity index (χ0v) is 15.1. The molecule has 138 valence electrons. The van der Waals surface area contributed by atoms with E-state index in [1.165, 1.54) is 28.6 Å². The molecule has 0 radical (unpaired) electrons. The molecule has 1 heterocycles. The molecule has 0 spiro atoms. The average molecular weight is 375 g/mol. The number of non-ortho nitro benzene ring substituents is 1. The van der Waals surface area contributed by atoms with Gasteiger partial charge in [0, 0.05) is 24.7 Å². The molecule has 0 bridgehead atoms. The van der Waals surface area contributed by atoms with Gasteiger partial charge >= 0.3 is 0 Å². The van der Waals surface area contributed by atoms with Gasteiger partial charge in [-0.25, -0.2) is 8.42 Å². The number of benzene rings is 2. The van der Waals surface area contributed by atoms with Crippen molar-refractivity contribution in [3.05, 3.63) is 70.3 Å². The Kier molecular flexibility index (Phi) is 5.65. The quantitative estimate of drug-likeness (QED) is 0.619. The monoisotopic (exact) mass is 375 g/mol. The topological polar surface area (TPSA) is 92.5 Å². The van der Waals surface area contributed by atoms with Crippen molar-refractivity contribution in [3.8, 4) is 0 Å². The van der Waals surface area contributed by atoms with E-state index >= 15 is 0 Å². The lowest BCUT2D eigenvalue weighted by atomic mass is 10.1. The van der Waals surface area contributed by atoms with E-state index in [0.29, 0.717) is 0 Å². The Balaban J connectivity index is 1.94. The molecular formula is C18H21N3O4S. The molecule has 0 aliphatic carbocycles. The summed E-state index contributed by atoms with van der Waals surface area (Å²) in [5.41, 5.74) is 0.789. The Bertz CT molecular complexity index is 848. The maximum atomic E-state index is 13.3. The summed E-state index contributed by atoms with van der Waals surface area (Å²) in [5, 5.41) is 14.1. The Labute approximate surface area is 152 Å². The summed E-state index contributed by atoms with van der Waals surface area (Å²) in [6.07, 6.45) is 1.47. The molecule has 26 heavy (non-hydrogen) atoms. The predicted octanol–water partition coefficient (Wildman–Crippen LogP) is 2.54. The van der Waals surface area contributed by atoms with Crippen LogP contribution in [0.1, 0.15) is 18.4 Å². The van der Waals surface area contributed by atoms with Crippen LogP contribution in [0.4, 0.5) is 5.69 Å². The fourth-order valence-electron chi connectivity index (χ4n) is 3.14. The summed E-state index contributed by atoms with van der Waals surface area (Å²) in [6.45, 7) is 1.82. The van der Waals surface area contributed by atoms with E-state index in [0.717, 1.165) is 31.5 Å². The molecule has 2 aromatic carbocycles. The molecule has 0 saturated carbocycles. The maximum absolute atomic E-state index is 13.3. The lowest BCUT2D eigenvalue weighted by Gasteiger charge is -2.33. The van der Waals surface area contributed by atoms with Crippen molar-refractivity contribution in [2.75, 3.05) is 13.1 Å². The number of nitrogens with zero attached hydrogens (tertiary/aromatic N) is 2. The highest BCUT2D eigenvalue weighted by atomic mass is 32.2. The van der Waals surface area contributed by atoms with E-state index in [1.54, 1.807) is 0 Å². The first-order valence-electron chi connectivity index (χ1n) is 8.49. The Morgan fingerprint density at radius 2 is 1.65 bits per heavy atom. The fraction of sp³-hybridized carbons (Fsp3) is 0.333. The van der Waals surface area contributed by atoms with Crippen molar-refractivity contribution in [3.63, 3.8) is 0 Å². The first kappa shape index (κ1) is 18.5. The molecule has 3 rings (SSSR count). The molecule has 0 unspecified atom stereocenters. The van der Waals surface area contributed by atoms with Gasteiger partial charge in [-0.3, -0.25) is 10.1 Å². The summed E-state index contributed by atoms with van der Waals surface area (Å²) in [6, 6.07) is 14.5. The number of hydrogen-bond donors (Lipinski definition) is 1. The lowest BCUT2D eigenvalue weighted by molar-refractivity contribution is -0.384. The fourth-order valence-corrected chi connectivity index (χ4v) is 4.82. The van der Waals surface area contributed by atoms with E-state index in [4.69, 9.17) is 0 Å². The van der Waals surface area contributed by atoms with Crippen LogP contribution in [0.2, 0.25) is 0 Å². The van der Waals surface area contributed by atoms with Gasteiger partial charge in [0.15, 0.2) is 0 Å². The molecule has 1 saturated heterocycles. The Morgan fingerprint density at radius 3 is 2.23 bits per heavy atom. The third kappa shape index (κ3) is 4.09. The third-order valence-corrected chi connectivity index (χ3v) is 6.46. The molecule has 1 fully saturated rings. The number of sulfonamides is 1. The number of rotatable bonds is 6. The number of nitro groups is 1. The normalized spacial score (nSPS) is 15.9. The van der Waals surface area contributed by atoms with Gasteiger partial charge in [-0.1, -0.05) is 30.3 Å². The van der Waals surface area contributed by atoms with Gasteiger partial charge in [-0.15, -0.1) is 0 Å². The molecule has 2 aromatic rings. The second kappa shape index (κ2) is 7.94. The number of piperidine rings is 1. The van der Waals surface area contributed by atoms with Crippen molar-refractivity contribution in [1.29, 1.82) is 0 Å². The Hall–Kier alpha value is -2.29. The molecule has 0 aromatic heterocycles. The van der Waals surface area contributed by atoms with Crippen LogP contribution in [0, 0.1) is 10.1 Å². The maximum Gasteiger partial charge on any atom is 0.269 e. The van der Waals surface area contributed by atoms with E-state index in [2.05, 4.69) is 5.32 Å². The van der Waals surface area contributed by atoms with Crippen molar-refractivity contribution >= 4 is 15.7 Å². The standard InChI is InChI=1S/C18H21N3O4S/c22-21(23)17-6-8-18(9-7-17)26(24,25)20(16-10-12-19-13-11-16)14-15-4-2-1-3-5-15/h1-9,16,19H,10-14H2. The minimum atomic E-state index is -3.76. The zero-order chi connectivity index (χ0) is 18.6. The average Bonchev–Trinajstić information content (AvgIpc) is 2.67. The molecule has 0 amide bonds. The summed E-state index contributed by atoms with van der Waals surface area (Å²) >= 11 is 0. The highest BCUT2D eigenvalue weighted by Crippen LogP contribution is 2.26. The summed E-state index contributed by atoms with van der Waals surface area (Å²) in [4.78, 5) is 10.4. The predicted molar refractivity (Wildman–Crippen MR) is 98.2 cm³/mol. The minimum Gasteiger partial charge on any atom is -0.317 e. The van der Waals surface area contributed by atoms with E-state index < -0.39 is 14.9 Å². The SMILES string of the molecule is O=[N+]([O-])c1ccc(S(=O)(=O)N(Cc2ccccc2)C2CCNCC2)cc1. The van der Waals surface area contributed by atoms with E-state index in [1.807, 2.05) is 30.3 Å². The molecule has 8 heteroatoms. The Morgan fingerprint density at radius 1 is 1.04 bits per heavy atom. The van der Waals surface area contributed by atoms with Gasteiger partial charge in [0.25, 0.3) is 5.69 Å². The van der Waals surface area contributed by atoms with Crippen molar-refractivity contribution in [1.82, 2.24) is 9.62 Å². The van der Waals surface area contributed by atoms with Gasteiger partial charge in [-0.2, -0.15) is 4.31 Å². The van der Waals surface area contributed by atoms with Crippen LogP contribution in [-0.2, 0) is 16.6 Å². The smallest absolute Gasteiger partial charge is 0.269 e.